The van der Waals surface area contributed by atoms with E-state index >= 15 is 0 Å². The highest BCUT2D eigenvalue weighted by atomic mass is 32.2. The van der Waals surface area contributed by atoms with Gasteiger partial charge in [-0.2, -0.15) is 11.8 Å². The minimum atomic E-state index is 0.412. The number of nitrogens with one attached hydrogen (secondary N) is 1. The Balaban J connectivity index is 1.90. The van der Waals surface area contributed by atoms with E-state index in [1.54, 1.807) is 0 Å². The third-order valence-electron chi connectivity index (χ3n) is 2.87. The van der Waals surface area contributed by atoms with Crippen molar-refractivity contribution in [3.63, 3.8) is 0 Å². The van der Waals surface area contributed by atoms with Crippen molar-refractivity contribution in [1.29, 1.82) is 0 Å². The summed E-state index contributed by atoms with van der Waals surface area (Å²) in [4.78, 5) is 4.15. The zero-order chi connectivity index (χ0) is 10.7. The normalized spacial score (nSPS) is 27.9. The second-order valence-electron chi connectivity index (χ2n) is 4.25. The van der Waals surface area contributed by atoms with Gasteiger partial charge < -0.3 is 5.32 Å². The predicted molar refractivity (Wildman–Crippen MR) is 66.1 cm³/mol. The van der Waals surface area contributed by atoms with Crippen molar-refractivity contribution in [1.82, 2.24) is 10.3 Å². The summed E-state index contributed by atoms with van der Waals surface area (Å²) in [5.41, 5.74) is 1.28. The molecule has 0 aliphatic carbocycles. The third-order valence-corrected chi connectivity index (χ3v) is 4.22. The third kappa shape index (κ3) is 2.95. The van der Waals surface area contributed by atoms with Gasteiger partial charge in [0.2, 0.25) is 0 Å². The molecule has 2 unspecified atom stereocenters. The molecule has 15 heavy (non-hydrogen) atoms. The van der Waals surface area contributed by atoms with Crippen LogP contribution in [0.3, 0.4) is 0 Å². The lowest BCUT2D eigenvalue weighted by Crippen LogP contribution is -2.31. The van der Waals surface area contributed by atoms with E-state index in [0.717, 1.165) is 5.25 Å². The standard InChI is InChI=1S/C12H18N2S/c1-9-6-12(8-15-9)14-10(2)11-4-3-5-13-7-11/h3-5,7,9-10,12,14H,6,8H2,1-2H3/t9?,10-,12?/m1/s1. The Morgan fingerprint density at radius 2 is 2.47 bits per heavy atom. The van der Waals surface area contributed by atoms with Crippen LogP contribution in [0.25, 0.3) is 0 Å². The molecule has 2 heterocycles. The molecule has 1 aliphatic heterocycles. The van der Waals surface area contributed by atoms with Crippen molar-refractivity contribution >= 4 is 11.8 Å². The summed E-state index contributed by atoms with van der Waals surface area (Å²) >= 11 is 2.06. The van der Waals surface area contributed by atoms with E-state index < -0.39 is 0 Å². The first-order chi connectivity index (χ1) is 7.25. The van der Waals surface area contributed by atoms with Crippen LogP contribution in [-0.2, 0) is 0 Å². The van der Waals surface area contributed by atoms with Crippen molar-refractivity contribution < 1.29 is 0 Å². The molecule has 1 aromatic rings. The number of aromatic nitrogens is 1. The highest BCUT2D eigenvalue weighted by Crippen LogP contribution is 2.27. The maximum absolute atomic E-state index is 4.15. The number of thioether (sulfide) groups is 1. The molecule has 0 bridgehead atoms. The maximum Gasteiger partial charge on any atom is 0.0315 e. The molecule has 1 aromatic heterocycles. The average Bonchev–Trinajstić information content (AvgIpc) is 2.65. The van der Waals surface area contributed by atoms with Gasteiger partial charge in [0.05, 0.1) is 0 Å². The molecule has 0 saturated carbocycles. The topological polar surface area (TPSA) is 24.9 Å². The lowest BCUT2D eigenvalue weighted by Gasteiger charge is -2.18. The molecule has 3 atom stereocenters. The molecule has 1 fully saturated rings. The SMILES string of the molecule is CC1CC(N[C@H](C)c2cccnc2)CS1. The molecule has 1 saturated heterocycles. The Bertz CT molecular complexity index is 302. The Kier molecular flexibility index (Phi) is 3.65. The lowest BCUT2D eigenvalue weighted by atomic mass is 10.1. The Morgan fingerprint density at radius 3 is 3.07 bits per heavy atom. The Hall–Kier alpha value is -0.540. The molecule has 0 aromatic carbocycles. The van der Waals surface area contributed by atoms with Gasteiger partial charge in [0, 0.05) is 35.5 Å². The largest absolute Gasteiger partial charge is 0.307 e. The molecule has 82 valence electrons. The van der Waals surface area contributed by atoms with Gasteiger partial charge in [0.15, 0.2) is 0 Å². The zero-order valence-corrected chi connectivity index (χ0v) is 10.1. The summed E-state index contributed by atoms with van der Waals surface area (Å²) in [6.45, 7) is 4.52. The van der Waals surface area contributed by atoms with Crippen molar-refractivity contribution in [2.24, 2.45) is 0 Å². The Labute approximate surface area is 95.9 Å². The minimum Gasteiger partial charge on any atom is -0.307 e. The molecule has 0 radical (unpaired) electrons. The monoisotopic (exact) mass is 222 g/mol. The lowest BCUT2D eigenvalue weighted by molar-refractivity contribution is 0.473. The second kappa shape index (κ2) is 4.99. The molecular formula is C12H18N2S. The molecule has 1 N–H and O–H groups in total. The molecule has 2 rings (SSSR count). The van der Waals surface area contributed by atoms with E-state index in [0.29, 0.717) is 12.1 Å². The summed E-state index contributed by atoms with van der Waals surface area (Å²) in [6.07, 6.45) is 5.06. The van der Waals surface area contributed by atoms with E-state index in [1.165, 1.54) is 17.7 Å². The number of hydrogen-bond acceptors (Lipinski definition) is 3. The van der Waals surface area contributed by atoms with E-state index in [2.05, 4.69) is 42.0 Å². The number of nitrogens with zero attached hydrogens (tertiary/aromatic N) is 1. The number of rotatable bonds is 3. The fourth-order valence-electron chi connectivity index (χ4n) is 2.02. The Morgan fingerprint density at radius 1 is 1.60 bits per heavy atom. The smallest absolute Gasteiger partial charge is 0.0315 e. The fraction of sp³-hybridized carbons (Fsp3) is 0.583. The van der Waals surface area contributed by atoms with Crippen molar-refractivity contribution in [3.05, 3.63) is 30.1 Å². The van der Waals surface area contributed by atoms with Crippen LogP contribution in [0.4, 0.5) is 0 Å². The molecule has 3 heteroatoms. The molecule has 1 aliphatic rings. The second-order valence-corrected chi connectivity index (χ2v) is 5.72. The first-order valence-corrected chi connectivity index (χ1v) is 6.58. The van der Waals surface area contributed by atoms with Crippen molar-refractivity contribution in [3.8, 4) is 0 Å². The first kappa shape index (κ1) is 11.0. The highest BCUT2D eigenvalue weighted by molar-refractivity contribution is 8.00. The summed E-state index contributed by atoms with van der Waals surface area (Å²) in [7, 11) is 0. The predicted octanol–water partition coefficient (Wildman–Crippen LogP) is 2.63. The fourth-order valence-corrected chi connectivity index (χ4v) is 3.18. The molecule has 2 nitrogen and oxygen atoms in total. The van der Waals surface area contributed by atoms with Crippen LogP contribution in [0, 0.1) is 0 Å². The van der Waals surface area contributed by atoms with Gasteiger partial charge in [-0.3, -0.25) is 4.98 Å². The number of pyridine rings is 1. The molecule has 0 spiro atoms. The molecular weight excluding hydrogens is 204 g/mol. The molecule has 0 amide bonds. The van der Waals surface area contributed by atoms with E-state index in [-0.39, 0.29) is 0 Å². The van der Waals surface area contributed by atoms with Gasteiger partial charge in [-0.1, -0.05) is 13.0 Å². The van der Waals surface area contributed by atoms with Crippen LogP contribution in [0.1, 0.15) is 31.9 Å². The van der Waals surface area contributed by atoms with Gasteiger partial charge in [-0.25, -0.2) is 0 Å². The van der Waals surface area contributed by atoms with E-state index in [4.69, 9.17) is 0 Å². The maximum atomic E-state index is 4.15. The summed E-state index contributed by atoms with van der Waals surface area (Å²) in [6, 6.07) is 5.21. The summed E-state index contributed by atoms with van der Waals surface area (Å²) in [5.74, 6) is 1.24. The van der Waals surface area contributed by atoms with E-state index in [9.17, 15) is 0 Å². The van der Waals surface area contributed by atoms with Crippen molar-refractivity contribution in [2.45, 2.75) is 37.6 Å². The summed E-state index contributed by atoms with van der Waals surface area (Å²) in [5, 5.41) is 4.47. The highest BCUT2D eigenvalue weighted by Gasteiger charge is 2.23. The van der Waals surface area contributed by atoms with Gasteiger partial charge in [-0.05, 0) is 25.0 Å². The van der Waals surface area contributed by atoms with Crippen LogP contribution < -0.4 is 5.32 Å². The van der Waals surface area contributed by atoms with Gasteiger partial charge in [0.25, 0.3) is 0 Å². The van der Waals surface area contributed by atoms with Crippen LogP contribution in [0.15, 0.2) is 24.5 Å². The minimum absolute atomic E-state index is 0.412. The van der Waals surface area contributed by atoms with Gasteiger partial charge in [-0.15, -0.1) is 0 Å². The van der Waals surface area contributed by atoms with Crippen LogP contribution >= 0.6 is 11.8 Å². The average molecular weight is 222 g/mol. The van der Waals surface area contributed by atoms with Gasteiger partial charge in [0.1, 0.15) is 0 Å². The quantitative estimate of drug-likeness (QED) is 0.851. The zero-order valence-electron chi connectivity index (χ0n) is 9.31. The van der Waals surface area contributed by atoms with Crippen molar-refractivity contribution in [2.75, 3.05) is 5.75 Å². The van der Waals surface area contributed by atoms with E-state index in [1.807, 2.05) is 18.5 Å². The van der Waals surface area contributed by atoms with Crippen LogP contribution in [0.2, 0.25) is 0 Å². The summed E-state index contributed by atoms with van der Waals surface area (Å²) < 4.78 is 0. The first-order valence-electron chi connectivity index (χ1n) is 5.53. The van der Waals surface area contributed by atoms with Crippen LogP contribution in [0.5, 0.6) is 0 Å². The van der Waals surface area contributed by atoms with Crippen LogP contribution in [-0.4, -0.2) is 22.0 Å². The van der Waals surface area contributed by atoms with Gasteiger partial charge >= 0.3 is 0 Å². The number of hydrogen-bond donors (Lipinski definition) is 1.